The molecule has 2 aromatic rings. The zero-order chi connectivity index (χ0) is 19.4. The van der Waals surface area contributed by atoms with Gasteiger partial charge < -0.3 is 19.3 Å². The minimum Gasteiger partial charge on any atom is -0.497 e. The molecule has 0 aliphatic carbocycles. The first-order valence-corrected chi connectivity index (χ1v) is 8.94. The summed E-state index contributed by atoms with van der Waals surface area (Å²) in [6.07, 6.45) is -0.684. The number of aryl methyl sites for hydroxylation is 1. The van der Waals surface area contributed by atoms with Gasteiger partial charge in [-0.3, -0.25) is 9.59 Å². The van der Waals surface area contributed by atoms with Gasteiger partial charge in [-0.05, 0) is 38.1 Å². The molecule has 0 saturated carbocycles. The lowest BCUT2D eigenvalue weighted by Gasteiger charge is -2.35. The van der Waals surface area contributed by atoms with Gasteiger partial charge in [0.05, 0.1) is 7.11 Å². The van der Waals surface area contributed by atoms with E-state index in [1.807, 2.05) is 37.3 Å². The first kappa shape index (κ1) is 18.8. The van der Waals surface area contributed by atoms with Crippen molar-refractivity contribution in [2.75, 3.05) is 31.6 Å². The second kappa shape index (κ2) is 8.12. The summed E-state index contributed by atoms with van der Waals surface area (Å²) in [5, 5.41) is 0. The van der Waals surface area contributed by atoms with E-state index in [9.17, 15) is 9.59 Å². The molecule has 0 radical (unpaired) electrons. The van der Waals surface area contributed by atoms with Crippen molar-refractivity contribution in [3.05, 3.63) is 54.1 Å². The van der Waals surface area contributed by atoms with E-state index in [1.165, 1.54) is 0 Å². The molecule has 2 aromatic carbocycles. The molecular weight excluding hydrogens is 344 g/mol. The fourth-order valence-electron chi connectivity index (χ4n) is 3.05. The Morgan fingerprint density at radius 3 is 2.44 bits per heavy atom. The van der Waals surface area contributed by atoms with E-state index in [-0.39, 0.29) is 18.4 Å². The van der Waals surface area contributed by atoms with Crippen LogP contribution in [-0.4, -0.2) is 49.6 Å². The third-order valence-electron chi connectivity index (χ3n) is 4.58. The molecule has 0 N–H and O–H groups in total. The second-order valence-electron chi connectivity index (χ2n) is 6.58. The van der Waals surface area contributed by atoms with E-state index in [4.69, 9.17) is 9.47 Å². The van der Waals surface area contributed by atoms with Crippen LogP contribution in [0.2, 0.25) is 0 Å². The van der Waals surface area contributed by atoms with Crippen LogP contribution in [0.1, 0.15) is 12.5 Å². The minimum atomic E-state index is -0.684. The van der Waals surface area contributed by atoms with E-state index in [0.29, 0.717) is 24.6 Å². The predicted octanol–water partition coefficient (Wildman–Crippen LogP) is 2.65. The zero-order valence-corrected chi connectivity index (χ0v) is 15.8. The fraction of sp³-hybridized carbons (Fsp3) is 0.333. The standard InChI is InChI=1S/C21H24N2O4/c1-15-7-9-17(10-8-15)23-12-11-22(14-20(23)24)21(25)16(2)27-19-6-4-5-18(13-19)26-3/h4-10,13,16H,11-12,14H2,1-3H3/t16-/m0/s1. The number of anilines is 1. The van der Waals surface area contributed by atoms with Crippen LogP contribution in [0.4, 0.5) is 5.69 Å². The van der Waals surface area contributed by atoms with Gasteiger partial charge in [0.25, 0.3) is 5.91 Å². The first-order valence-electron chi connectivity index (χ1n) is 8.94. The summed E-state index contributed by atoms with van der Waals surface area (Å²) in [6.45, 7) is 4.70. The summed E-state index contributed by atoms with van der Waals surface area (Å²) in [5.74, 6) is 0.926. The molecule has 0 aromatic heterocycles. The normalized spacial score (nSPS) is 15.4. The predicted molar refractivity (Wildman–Crippen MR) is 103 cm³/mol. The lowest BCUT2D eigenvalue weighted by atomic mass is 10.2. The molecule has 6 nitrogen and oxygen atoms in total. The maximum Gasteiger partial charge on any atom is 0.263 e. The number of carbonyl (C=O) groups is 2. The molecule has 0 unspecified atom stereocenters. The van der Waals surface area contributed by atoms with Gasteiger partial charge in [-0.15, -0.1) is 0 Å². The lowest BCUT2D eigenvalue weighted by molar-refractivity contribution is -0.142. The Morgan fingerprint density at radius 2 is 1.78 bits per heavy atom. The second-order valence-corrected chi connectivity index (χ2v) is 6.58. The summed E-state index contributed by atoms with van der Waals surface area (Å²) in [4.78, 5) is 28.5. The lowest BCUT2D eigenvalue weighted by Crippen LogP contribution is -2.54. The summed E-state index contributed by atoms with van der Waals surface area (Å²) in [6, 6.07) is 14.9. The topological polar surface area (TPSA) is 59.1 Å². The highest BCUT2D eigenvalue weighted by molar-refractivity contribution is 5.98. The summed E-state index contributed by atoms with van der Waals surface area (Å²) < 4.78 is 10.9. The Labute approximate surface area is 159 Å². The van der Waals surface area contributed by atoms with E-state index in [2.05, 4.69) is 0 Å². The highest BCUT2D eigenvalue weighted by atomic mass is 16.5. The van der Waals surface area contributed by atoms with Crippen molar-refractivity contribution in [3.63, 3.8) is 0 Å². The average molecular weight is 368 g/mol. The molecule has 3 rings (SSSR count). The van der Waals surface area contributed by atoms with Gasteiger partial charge in [-0.2, -0.15) is 0 Å². The van der Waals surface area contributed by atoms with E-state index in [1.54, 1.807) is 42.0 Å². The fourth-order valence-corrected chi connectivity index (χ4v) is 3.05. The monoisotopic (exact) mass is 368 g/mol. The Hall–Kier alpha value is -3.02. The van der Waals surface area contributed by atoms with Crippen molar-refractivity contribution < 1.29 is 19.1 Å². The molecule has 1 aliphatic heterocycles. The number of nitrogens with zero attached hydrogens (tertiary/aromatic N) is 2. The van der Waals surface area contributed by atoms with Crippen molar-refractivity contribution in [2.24, 2.45) is 0 Å². The van der Waals surface area contributed by atoms with Crippen molar-refractivity contribution in [3.8, 4) is 11.5 Å². The number of methoxy groups -OCH3 is 1. The van der Waals surface area contributed by atoms with Crippen LogP contribution in [0.3, 0.4) is 0 Å². The number of ether oxygens (including phenoxy) is 2. The van der Waals surface area contributed by atoms with Gasteiger partial charge in [0.1, 0.15) is 18.0 Å². The molecule has 1 atom stereocenters. The van der Waals surface area contributed by atoms with E-state index < -0.39 is 6.10 Å². The van der Waals surface area contributed by atoms with Crippen molar-refractivity contribution in [1.29, 1.82) is 0 Å². The van der Waals surface area contributed by atoms with Crippen LogP contribution >= 0.6 is 0 Å². The number of hydrogen-bond acceptors (Lipinski definition) is 4. The summed E-state index contributed by atoms with van der Waals surface area (Å²) >= 11 is 0. The maximum absolute atomic E-state index is 12.7. The third-order valence-corrected chi connectivity index (χ3v) is 4.58. The van der Waals surface area contributed by atoms with E-state index >= 15 is 0 Å². The number of amides is 2. The molecule has 1 fully saturated rings. The van der Waals surface area contributed by atoms with Crippen LogP contribution in [-0.2, 0) is 9.59 Å². The molecule has 1 saturated heterocycles. The van der Waals surface area contributed by atoms with Crippen LogP contribution in [0.25, 0.3) is 0 Å². The van der Waals surface area contributed by atoms with Crippen LogP contribution < -0.4 is 14.4 Å². The molecule has 142 valence electrons. The van der Waals surface area contributed by atoms with Gasteiger partial charge in [0.15, 0.2) is 6.10 Å². The molecule has 0 spiro atoms. The van der Waals surface area contributed by atoms with Gasteiger partial charge in [0.2, 0.25) is 5.91 Å². The molecule has 1 aliphatic rings. The molecule has 27 heavy (non-hydrogen) atoms. The van der Waals surface area contributed by atoms with Gasteiger partial charge in [0, 0.05) is 24.8 Å². The van der Waals surface area contributed by atoms with E-state index in [0.717, 1.165) is 11.3 Å². The SMILES string of the molecule is COc1cccc(O[C@@H](C)C(=O)N2CCN(c3ccc(C)cc3)C(=O)C2)c1. The number of carbonyl (C=O) groups excluding carboxylic acids is 2. The molecule has 1 heterocycles. The van der Waals surface area contributed by atoms with Crippen LogP contribution in [0.15, 0.2) is 48.5 Å². The smallest absolute Gasteiger partial charge is 0.263 e. The van der Waals surface area contributed by atoms with Gasteiger partial charge >= 0.3 is 0 Å². The summed E-state index contributed by atoms with van der Waals surface area (Å²) in [5.41, 5.74) is 2.00. The van der Waals surface area contributed by atoms with Crippen molar-refractivity contribution >= 4 is 17.5 Å². The highest BCUT2D eigenvalue weighted by Gasteiger charge is 2.31. The Morgan fingerprint density at radius 1 is 1.07 bits per heavy atom. The quantitative estimate of drug-likeness (QED) is 0.814. The van der Waals surface area contributed by atoms with Crippen LogP contribution in [0.5, 0.6) is 11.5 Å². The third kappa shape index (κ3) is 4.39. The van der Waals surface area contributed by atoms with Crippen molar-refractivity contribution in [1.82, 2.24) is 4.90 Å². The molecule has 2 amide bonds. The number of piperazine rings is 1. The number of benzene rings is 2. The Balaban J connectivity index is 1.61. The first-order chi connectivity index (χ1) is 13.0. The number of hydrogen-bond donors (Lipinski definition) is 0. The molecule has 0 bridgehead atoms. The minimum absolute atomic E-state index is 0.0541. The van der Waals surface area contributed by atoms with Crippen molar-refractivity contribution in [2.45, 2.75) is 20.0 Å². The Kier molecular flexibility index (Phi) is 5.64. The Bertz CT molecular complexity index is 819. The largest absolute Gasteiger partial charge is 0.497 e. The summed E-state index contributed by atoms with van der Waals surface area (Å²) in [7, 11) is 1.58. The average Bonchev–Trinajstić information content (AvgIpc) is 2.68. The maximum atomic E-state index is 12.7. The van der Waals surface area contributed by atoms with Gasteiger partial charge in [-0.25, -0.2) is 0 Å². The van der Waals surface area contributed by atoms with Crippen LogP contribution in [0, 0.1) is 6.92 Å². The highest BCUT2D eigenvalue weighted by Crippen LogP contribution is 2.22. The van der Waals surface area contributed by atoms with Gasteiger partial charge in [-0.1, -0.05) is 23.8 Å². The number of rotatable bonds is 5. The molecular formula is C21H24N2O4. The zero-order valence-electron chi connectivity index (χ0n) is 15.8. The molecule has 6 heteroatoms.